The van der Waals surface area contributed by atoms with Crippen LogP contribution in [0.4, 0.5) is 0 Å². The Kier molecular flexibility index (Phi) is 4.63. The van der Waals surface area contributed by atoms with Crippen LogP contribution >= 0.6 is 0 Å². The smallest absolute Gasteiger partial charge is 0.0950 e. The molecule has 1 aliphatic rings. The Labute approximate surface area is 104 Å². The van der Waals surface area contributed by atoms with E-state index in [1.165, 1.54) is 44.1 Å². The van der Waals surface area contributed by atoms with Crippen LogP contribution in [0.2, 0.25) is 0 Å². The molecule has 0 bridgehead atoms. The molecule has 2 rings (SSSR count). The van der Waals surface area contributed by atoms with Gasteiger partial charge in [0.25, 0.3) is 0 Å². The van der Waals surface area contributed by atoms with Gasteiger partial charge in [-0.3, -0.25) is 11.3 Å². The maximum atomic E-state index is 5.70. The van der Waals surface area contributed by atoms with Crippen molar-refractivity contribution in [1.29, 1.82) is 0 Å². The summed E-state index contributed by atoms with van der Waals surface area (Å²) in [5, 5.41) is 0. The van der Waals surface area contributed by atoms with E-state index in [2.05, 4.69) is 12.3 Å². The molecule has 1 atom stereocenters. The number of hydrogen-bond acceptors (Lipinski definition) is 3. The number of nitrogens with two attached hydrogens (primary N) is 1. The van der Waals surface area contributed by atoms with Gasteiger partial charge in [0.15, 0.2) is 0 Å². The van der Waals surface area contributed by atoms with Gasteiger partial charge in [0.2, 0.25) is 0 Å². The molecule has 0 aliphatic heterocycles. The lowest BCUT2D eigenvalue weighted by molar-refractivity contribution is 0.214. The van der Waals surface area contributed by atoms with E-state index in [1.807, 2.05) is 12.3 Å². The third-order valence-corrected chi connectivity index (χ3v) is 4.14. The third-order valence-electron chi connectivity index (χ3n) is 4.14. The second-order valence-corrected chi connectivity index (χ2v) is 5.27. The second kappa shape index (κ2) is 6.22. The molecule has 0 aromatic carbocycles. The first-order chi connectivity index (χ1) is 8.35. The highest BCUT2D eigenvalue weighted by atomic mass is 16.3. The summed E-state index contributed by atoms with van der Waals surface area (Å²) < 4.78 is 5.15. The fraction of sp³-hybridized carbons (Fsp3) is 0.714. The molecule has 0 amide bonds. The van der Waals surface area contributed by atoms with E-state index in [0.717, 1.165) is 5.92 Å². The summed E-state index contributed by atoms with van der Waals surface area (Å²) in [5.74, 6) is 7.30. The standard InChI is InChI=1S/C14H24N2O/c1-2-3-11-4-6-12(7-5-11)14(16-15)13-8-9-17-10-13/h8-12,14,16H,2-7,15H2,1H3. The lowest BCUT2D eigenvalue weighted by Crippen LogP contribution is -2.35. The third kappa shape index (κ3) is 3.11. The predicted octanol–water partition coefficient (Wildman–Crippen LogP) is 3.39. The number of rotatable bonds is 5. The molecule has 1 aromatic heterocycles. The molecular formula is C14H24N2O. The van der Waals surface area contributed by atoms with E-state index in [1.54, 1.807) is 6.26 Å². The molecule has 0 spiro atoms. The van der Waals surface area contributed by atoms with Crippen molar-refractivity contribution in [1.82, 2.24) is 5.43 Å². The number of hydrazine groups is 1. The summed E-state index contributed by atoms with van der Waals surface area (Å²) in [6.45, 7) is 2.28. The molecule has 1 unspecified atom stereocenters. The molecule has 96 valence electrons. The molecule has 3 N–H and O–H groups in total. The molecule has 1 aliphatic carbocycles. The van der Waals surface area contributed by atoms with Crippen molar-refractivity contribution in [2.45, 2.75) is 51.5 Å². The van der Waals surface area contributed by atoms with Gasteiger partial charge >= 0.3 is 0 Å². The van der Waals surface area contributed by atoms with Crippen molar-refractivity contribution in [2.75, 3.05) is 0 Å². The number of furan rings is 1. The first kappa shape index (κ1) is 12.7. The van der Waals surface area contributed by atoms with Crippen molar-refractivity contribution in [2.24, 2.45) is 17.7 Å². The van der Waals surface area contributed by atoms with Gasteiger partial charge in [-0.2, -0.15) is 0 Å². The minimum Gasteiger partial charge on any atom is -0.472 e. The van der Waals surface area contributed by atoms with Gasteiger partial charge in [-0.1, -0.05) is 32.6 Å². The molecule has 1 aromatic rings. The van der Waals surface area contributed by atoms with Crippen LogP contribution in [-0.2, 0) is 0 Å². The SMILES string of the molecule is CCCC1CCC(C(NN)c2ccoc2)CC1. The summed E-state index contributed by atoms with van der Waals surface area (Å²) >= 11 is 0. The highest BCUT2D eigenvalue weighted by Gasteiger charge is 2.28. The first-order valence-corrected chi connectivity index (χ1v) is 6.83. The Bertz CT molecular complexity index is 302. The average molecular weight is 236 g/mol. The molecule has 3 heteroatoms. The summed E-state index contributed by atoms with van der Waals surface area (Å²) in [4.78, 5) is 0. The quantitative estimate of drug-likeness (QED) is 0.608. The van der Waals surface area contributed by atoms with E-state index in [4.69, 9.17) is 10.3 Å². The van der Waals surface area contributed by atoms with Crippen LogP contribution in [0.25, 0.3) is 0 Å². The largest absolute Gasteiger partial charge is 0.472 e. The van der Waals surface area contributed by atoms with Crippen LogP contribution in [0.1, 0.15) is 57.1 Å². The Morgan fingerprint density at radius 1 is 1.41 bits per heavy atom. The van der Waals surface area contributed by atoms with Crippen molar-refractivity contribution in [3.8, 4) is 0 Å². The van der Waals surface area contributed by atoms with E-state index in [-0.39, 0.29) is 6.04 Å². The van der Waals surface area contributed by atoms with Crippen molar-refractivity contribution >= 4 is 0 Å². The summed E-state index contributed by atoms with van der Waals surface area (Å²) in [6.07, 6.45) is 11.5. The fourth-order valence-electron chi connectivity index (χ4n) is 3.17. The fourth-order valence-corrected chi connectivity index (χ4v) is 3.17. The van der Waals surface area contributed by atoms with Crippen molar-refractivity contribution < 1.29 is 4.42 Å². The molecule has 17 heavy (non-hydrogen) atoms. The van der Waals surface area contributed by atoms with Gasteiger partial charge in [0, 0.05) is 5.56 Å². The summed E-state index contributed by atoms with van der Waals surface area (Å²) in [5.41, 5.74) is 4.15. The Balaban J connectivity index is 1.90. The summed E-state index contributed by atoms with van der Waals surface area (Å²) in [7, 11) is 0. The molecule has 1 heterocycles. The van der Waals surface area contributed by atoms with E-state index in [9.17, 15) is 0 Å². The minimum atomic E-state index is 0.260. The van der Waals surface area contributed by atoms with Crippen molar-refractivity contribution in [3.63, 3.8) is 0 Å². The number of hydrogen-bond donors (Lipinski definition) is 2. The highest BCUT2D eigenvalue weighted by Crippen LogP contribution is 2.38. The number of nitrogens with one attached hydrogen (secondary N) is 1. The normalized spacial score (nSPS) is 26.9. The van der Waals surface area contributed by atoms with E-state index in [0.29, 0.717) is 5.92 Å². The van der Waals surface area contributed by atoms with Gasteiger partial charge < -0.3 is 4.42 Å². The topological polar surface area (TPSA) is 51.2 Å². The monoisotopic (exact) mass is 236 g/mol. The van der Waals surface area contributed by atoms with Crippen molar-refractivity contribution in [3.05, 3.63) is 24.2 Å². The maximum Gasteiger partial charge on any atom is 0.0950 e. The molecule has 3 nitrogen and oxygen atoms in total. The molecule has 0 radical (unpaired) electrons. The zero-order valence-electron chi connectivity index (χ0n) is 10.7. The predicted molar refractivity (Wildman–Crippen MR) is 69.1 cm³/mol. The Hall–Kier alpha value is -0.800. The first-order valence-electron chi connectivity index (χ1n) is 6.83. The van der Waals surface area contributed by atoms with Crippen LogP contribution in [0.3, 0.4) is 0 Å². The van der Waals surface area contributed by atoms with Gasteiger partial charge in [0.1, 0.15) is 0 Å². The lowest BCUT2D eigenvalue weighted by atomic mass is 9.76. The van der Waals surface area contributed by atoms with Crippen LogP contribution in [0.15, 0.2) is 23.0 Å². The average Bonchev–Trinajstić information content (AvgIpc) is 2.86. The zero-order chi connectivity index (χ0) is 12.1. The Morgan fingerprint density at radius 2 is 2.18 bits per heavy atom. The lowest BCUT2D eigenvalue weighted by Gasteiger charge is -2.33. The second-order valence-electron chi connectivity index (χ2n) is 5.27. The van der Waals surface area contributed by atoms with E-state index < -0.39 is 0 Å². The van der Waals surface area contributed by atoms with Crippen LogP contribution < -0.4 is 11.3 Å². The maximum absolute atomic E-state index is 5.70. The zero-order valence-corrected chi connectivity index (χ0v) is 10.7. The summed E-state index contributed by atoms with van der Waals surface area (Å²) in [6, 6.07) is 2.28. The van der Waals surface area contributed by atoms with Gasteiger partial charge in [-0.15, -0.1) is 0 Å². The van der Waals surface area contributed by atoms with E-state index >= 15 is 0 Å². The van der Waals surface area contributed by atoms with Gasteiger partial charge in [-0.25, -0.2) is 0 Å². The van der Waals surface area contributed by atoms with Gasteiger partial charge in [-0.05, 0) is 30.7 Å². The highest BCUT2D eigenvalue weighted by molar-refractivity contribution is 5.12. The minimum absolute atomic E-state index is 0.260. The molecule has 0 saturated heterocycles. The molecule has 1 fully saturated rings. The van der Waals surface area contributed by atoms with Gasteiger partial charge in [0.05, 0.1) is 18.6 Å². The van der Waals surface area contributed by atoms with Crippen LogP contribution in [-0.4, -0.2) is 0 Å². The van der Waals surface area contributed by atoms with Crippen LogP contribution in [0.5, 0.6) is 0 Å². The molecule has 1 saturated carbocycles. The Morgan fingerprint density at radius 3 is 2.71 bits per heavy atom. The van der Waals surface area contributed by atoms with Crippen LogP contribution in [0, 0.1) is 11.8 Å². The molecular weight excluding hydrogens is 212 g/mol.